The first kappa shape index (κ1) is 20.0. The molecule has 0 aromatic heterocycles. The Balaban J connectivity index is 1.85. The Bertz CT molecular complexity index is 685. The zero-order valence-electron chi connectivity index (χ0n) is 15.8. The molecule has 0 fully saturated rings. The van der Waals surface area contributed by atoms with Gasteiger partial charge in [0, 0.05) is 19.1 Å². The second-order valence-corrected chi connectivity index (χ2v) is 6.97. The summed E-state index contributed by atoms with van der Waals surface area (Å²) in [6.07, 6.45) is 0.136. The van der Waals surface area contributed by atoms with E-state index in [1.807, 2.05) is 48.5 Å². The SMILES string of the molecule is CC(C)c1cccc(O[C@H](C)C(=O)NC[C@H](CO)Cc2ccccc2)c1. The van der Waals surface area contributed by atoms with Crippen molar-refractivity contribution in [3.05, 3.63) is 65.7 Å². The maximum absolute atomic E-state index is 12.3. The molecule has 2 rings (SSSR count). The van der Waals surface area contributed by atoms with Crippen LogP contribution >= 0.6 is 0 Å². The van der Waals surface area contributed by atoms with Gasteiger partial charge in [0.2, 0.25) is 0 Å². The van der Waals surface area contributed by atoms with E-state index in [9.17, 15) is 9.90 Å². The number of hydrogen-bond donors (Lipinski definition) is 2. The summed E-state index contributed by atoms with van der Waals surface area (Å²) >= 11 is 0. The Labute approximate surface area is 156 Å². The van der Waals surface area contributed by atoms with Crippen molar-refractivity contribution >= 4 is 5.91 Å². The quantitative estimate of drug-likeness (QED) is 0.723. The topological polar surface area (TPSA) is 58.6 Å². The second kappa shape index (κ2) is 9.97. The number of rotatable bonds is 9. The van der Waals surface area contributed by atoms with Gasteiger partial charge in [-0.1, -0.05) is 56.3 Å². The molecule has 26 heavy (non-hydrogen) atoms. The minimum absolute atomic E-state index is 0.0159. The molecule has 0 saturated heterocycles. The normalized spacial score (nSPS) is 13.3. The molecule has 0 aliphatic carbocycles. The highest BCUT2D eigenvalue weighted by Crippen LogP contribution is 2.21. The largest absolute Gasteiger partial charge is 0.481 e. The van der Waals surface area contributed by atoms with Crippen LogP contribution in [0.5, 0.6) is 5.75 Å². The van der Waals surface area contributed by atoms with Crippen molar-refractivity contribution in [2.24, 2.45) is 5.92 Å². The molecule has 2 aromatic rings. The van der Waals surface area contributed by atoms with Gasteiger partial charge >= 0.3 is 0 Å². The van der Waals surface area contributed by atoms with E-state index < -0.39 is 6.10 Å². The van der Waals surface area contributed by atoms with Gasteiger partial charge < -0.3 is 15.2 Å². The summed E-state index contributed by atoms with van der Waals surface area (Å²) in [5, 5.41) is 12.5. The fourth-order valence-electron chi connectivity index (χ4n) is 2.74. The third-order valence-electron chi connectivity index (χ3n) is 4.40. The van der Waals surface area contributed by atoms with Gasteiger partial charge in [-0.15, -0.1) is 0 Å². The molecular formula is C22H29NO3. The molecule has 0 aliphatic heterocycles. The Hall–Kier alpha value is -2.33. The first-order chi connectivity index (χ1) is 12.5. The lowest BCUT2D eigenvalue weighted by Crippen LogP contribution is -2.40. The highest BCUT2D eigenvalue weighted by atomic mass is 16.5. The minimum Gasteiger partial charge on any atom is -0.481 e. The summed E-state index contributed by atoms with van der Waals surface area (Å²) in [5.41, 5.74) is 2.33. The molecule has 2 N–H and O–H groups in total. The summed E-state index contributed by atoms with van der Waals surface area (Å²) < 4.78 is 5.78. The van der Waals surface area contributed by atoms with Gasteiger partial charge in [0.25, 0.3) is 5.91 Å². The third kappa shape index (κ3) is 6.19. The Kier molecular flexibility index (Phi) is 7.67. The van der Waals surface area contributed by atoms with Crippen LogP contribution < -0.4 is 10.1 Å². The van der Waals surface area contributed by atoms with Gasteiger partial charge in [-0.2, -0.15) is 0 Å². The van der Waals surface area contributed by atoms with Crippen molar-refractivity contribution in [2.75, 3.05) is 13.2 Å². The summed E-state index contributed by atoms with van der Waals surface area (Å²) in [6.45, 7) is 6.43. The molecule has 2 atom stereocenters. The predicted molar refractivity (Wildman–Crippen MR) is 104 cm³/mol. The minimum atomic E-state index is -0.589. The first-order valence-corrected chi connectivity index (χ1v) is 9.18. The summed E-state index contributed by atoms with van der Waals surface area (Å²) in [7, 11) is 0. The summed E-state index contributed by atoms with van der Waals surface area (Å²) in [4.78, 5) is 12.3. The second-order valence-electron chi connectivity index (χ2n) is 6.97. The van der Waals surface area contributed by atoms with E-state index in [0.717, 1.165) is 12.0 Å². The van der Waals surface area contributed by atoms with E-state index in [4.69, 9.17) is 4.74 Å². The van der Waals surface area contributed by atoms with Crippen LogP contribution in [0.2, 0.25) is 0 Å². The molecule has 0 heterocycles. The highest BCUT2D eigenvalue weighted by molar-refractivity contribution is 5.80. The number of hydrogen-bond acceptors (Lipinski definition) is 3. The lowest BCUT2D eigenvalue weighted by molar-refractivity contribution is -0.127. The van der Waals surface area contributed by atoms with Crippen molar-refractivity contribution in [1.29, 1.82) is 0 Å². The van der Waals surface area contributed by atoms with E-state index in [1.54, 1.807) is 6.92 Å². The van der Waals surface area contributed by atoms with E-state index in [1.165, 1.54) is 5.56 Å². The van der Waals surface area contributed by atoms with Crippen molar-refractivity contribution in [1.82, 2.24) is 5.32 Å². The average molecular weight is 355 g/mol. The lowest BCUT2D eigenvalue weighted by atomic mass is 10.00. The molecule has 0 spiro atoms. The number of nitrogens with one attached hydrogen (secondary N) is 1. The fraction of sp³-hybridized carbons (Fsp3) is 0.409. The smallest absolute Gasteiger partial charge is 0.260 e. The third-order valence-corrected chi connectivity index (χ3v) is 4.40. The van der Waals surface area contributed by atoms with E-state index in [2.05, 4.69) is 25.2 Å². The molecule has 1 amide bonds. The number of aliphatic hydroxyl groups excluding tert-OH is 1. The average Bonchev–Trinajstić information content (AvgIpc) is 2.65. The molecular weight excluding hydrogens is 326 g/mol. The maximum atomic E-state index is 12.3. The van der Waals surface area contributed by atoms with Gasteiger partial charge in [0.1, 0.15) is 5.75 Å². The zero-order chi connectivity index (χ0) is 18.9. The molecule has 140 valence electrons. The van der Waals surface area contributed by atoms with Crippen LogP contribution in [-0.2, 0) is 11.2 Å². The number of carbonyl (C=O) groups is 1. The predicted octanol–water partition coefficient (Wildman–Crippen LogP) is 3.54. The molecule has 0 saturated carbocycles. The molecule has 0 bridgehead atoms. The summed E-state index contributed by atoms with van der Waals surface area (Å²) in [5.74, 6) is 0.914. The molecule has 0 radical (unpaired) electrons. The van der Waals surface area contributed by atoms with Crippen LogP contribution in [0.1, 0.15) is 37.8 Å². The van der Waals surface area contributed by atoms with E-state index in [0.29, 0.717) is 18.2 Å². The maximum Gasteiger partial charge on any atom is 0.260 e. The number of carbonyl (C=O) groups excluding carboxylic acids is 1. The standard InChI is InChI=1S/C22H29NO3/c1-16(2)20-10-7-11-21(13-20)26-17(3)22(25)23-14-19(15-24)12-18-8-5-4-6-9-18/h4-11,13,16-17,19,24H,12,14-15H2,1-3H3,(H,23,25)/t17-,19-/m1/s1. The number of benzene rings is 2. The van der Waals surface area contributed by atoms with Crippen molar-refractivity contribution < 1.29 is 14.6 Å². The molecule has 0 unspecified atom stereocenters. The van der Waals surface area contributed by atoms with Gasteiger partial charge in [-0.3, -0.25) is 4.79 Å². The van der Waals surface area contributed by atoms with Crippen molar-refractivity contribution in [3.8, 4) is 5.75 Å². The number of amides is 1. The Morgan fingerprint density at radius 3 is 2.46 bits per heavy atom. The van der Waals surface area contributed by atoms with Gasteiger partial charge in [-0.05, 0) is 42.5 Å². The van der Waals surface area contributed by atoms with Crippen molar-refractivity contribution in [3.63, 3.8) is 0 Å². The zero-order valence-corrected chi connectivity index (χ0v) is 15.8. The molecule has 4 heteroatoms. The highest BCUT2D eigenvalue weighted by Gasteiger charge is 2.17. The van der Waals surface area contributed by atoms with Crippen LogP contribution in [-0.4, -0.2) is 30.3 Å². The van der Waals surface area contributed by atoms with E-state index >= 15 is 0 Å². The molecule has 4 nitrogen and oxygen atoms in total. The van der Waals surface area contributed by atoms with Crippen LogP contribution in [0, 0.1) is 5.92 Å². The molecule has 2 aromatic carbocycles. The Morgan fingerprint density at radius 2 is 1.81 bits per heavy atom. The molecule has 0 aliphatic rings. The van der Waals surface area contributed by atoms with Crippen LogP contribution in [0.4, 0.5) is 0 Å². The van der Waals surface area contributed by atoms with E-state index in [-0.39, 0.29) is 18.4 Å². The van der Waals surface area contributed by atoms with Crippen molar-refractivity contribution in [2.45, 2.75) is 39.2 Å². The number of ether oxygens (including phenoxy) is 1. The van der Waals surface area contributed by atoms with Crippen LogP contribution in [0.15, 0.2) is 54.6 Å². The van der Waals surface area contributed by atoms with Crippen LogP contribution in [0.3, 0.4) is 0 Å². The van der Waals surface area contributed by atoms with Gasteiger partial charge in [-0.25, -0.2) is 0 Å². The fourth-order valence-corrected chi connectivity index (χ4v) is 2.74. The Morgan fingerprint density at radius 1 is 1.08 bits per heavy atom. The van der Waals surface area contributed by atoms with Gasteiger partial charge in [0.15, 0.2) is 6.10 Å². The summed E-state index contributed by atoms with van der Waals surface area (Å²) in [6, 6.07) is 17.8. The van der Waals surface area contributed by atoms with Gasteiger partial charge in [0.05, 0.1) is 0 Å². The lowest BCUT2D eigenvalue weighted by Gasteiger charge is -2.19. The number of aliphatic hydroxyl groups is 1. The monoisotopic (exact) mass is 355 g/mol. The first-order valence-electron chi connectivity index (χ1n) is 9.18. The van der Waals surface area contributed by atoms with Crippen LogP contribution in [0.25, 0.3) is 0 Å².